The number of rotatable bonds is 7. The van der Waals surface area contributed by atoms with Crippen molar-refractivity contribution >= 4 is 0 Å². The summed E-state index contributed by atoms with van der Waals surface area (Å²) in [5, 5.41) is 11.9. The Bertz CT molecular complexity index is 102. The molecule has 2 nitrogen and oxygen atoms in total. The Morgan fingerprint density at radius 2 is 2.00 bits per heavy atom. The first-order valence-corrected chi connectivity index (χ1v) is 4.94. The summed E-state index contributed by atoms with van der Waals surface area (Å²) in [5.41, 5.74) is 0.407. The van der Waals surface area contributed by atoms with E-state index in [2.05, 4.69) is 26.1 Å². The zero-order valence-electron chi connectivity index (χ0n) is 8.69. The van der Waals surface area contributed by atoms with Crippen molar-refractivity contribution < 1.29 is 5.11 Å². The minimum absolute atomic E-state index is 0.293. The maximum absolute atomic E-state index is 8.56. The highest BCUT2D eigenvalue weighted by atomic mass is 16.3. The van der Waals surface area contributed by atoms with Crippen molar-refractivity contribution in [2.75, 3.05) is 19.7 Å². The van der Waals surface area contributed by atoms with E-state index in [0.29, 0.717) is 12.0 Å². The summed E-state index contributed by atoms with van der Waals surface area (Å²) in [6, 6.07) is 0. The van der Waals surface area contributed by atoms with E-state index in [1.165, 1.54) is 12.8 Å². The molecule has 74 valence electrons. The average Bonchev–Trinajstić information content (AvgIpc) is 1.98. The van der Waals surface area contributed by atoms with E-state index in [9.17, 15) is 0 Å². The molecule has 12 heavy (non-hydrogen) atoms. The molecular weight excluding hydrogens is 150 g/mol. The number of aliphatic hydroxyl groups excluding tert-OH is 1. The Labute approximate surface area is 76.4 Å². The van der Waals surface area contributed by atoms with Crippen LogP contribution in [0.15, 0.2) is 0 Å². The standard InChI is InChI=1S/C10H23NO/c1-4-6-10(2,3)9-11-7-5-8-12/h11-12H,4-9H2,1-3H3. The third-order valence-electron chi connectivity index (χ3n) is 2.04. The molecule has 0 atom stereocenters. The maximum Gasteiger partial charge on any atom is 0.0443 e. The number of nitrogens with one attached hydrogen (secondary N) is 1. The largest absolute Gasteiger partial charge is 0.396 e. The molecule has 0 heterocycles. The van der Waals surface area contributed by atoms with Gasteiger partial charge in [0.15, 0.2) is 0 Å². The molecule has 2 heteroatoms. The third kappa shape index (κ3) is 6.62. The van der Waals surface area contributed by atoms with Crippen molar-refractivity contribution in [3.63, 3.8) is 0 Å². The molecule has 0 aliphatic rings. The lowest BCUT2D eigenvalue weighted by atomic mass is 9.88. The Morgan fingerprint density at radius 1 is 1.33 bits per heavy atom. The summed E-state index contributed by atoms with van der Waals surface area (Å²) in [4.78, 5) is 0. The Hall–Kier alpha value is -0.0800. The van der Waals surface area contributed by atoms with E-state index >= 15 is 0 Å². The monoisotopic (exact) mass is 173 g/mol. The molecule has 0 aromatic rings. The second-order valence-electron chi connectivity index (χ2n) is 4.17. The normalized spacial score (nSPS) is 12.0. The smallest absolute Gasteiger partial charge is 0.0443 e. The molecule has 2 N–H and O–H groups in total. The van der Waals surface area contributed by atoms with Crippen LogP contribution in [0, 0.1) is 5.41 Å². The van der Waals surface area contributed by atoms with Crippen molar-refractivity contribution in [2.45, 2.75) is 40.0 Å². The Kier molecular flexibility index (Phi) is 6.39. The van der Waals surface area contributed by atoms with Gasteiger partial charge in [-0.2, -0.15) is 0 Å². The molecular formula is C10H23NO. The van der Waals surface area contributed by atoms with Gasteiger partial charge in [-0.3, -0.25) is 0 Å². The lowest BCUT2D eigenvalue weighted by molar-refractivity contribution is 0.272. The van der Waals surface area contributed by atoms with Crippen molar-refractivity contribution in [3.05, 3.63) is 0 Å². The Morgan fingerprint density at radius 3 is 2.50 bits per heavy atom. The van der Waals surface area contributed by atoms with E-state index in [0.717, 1.165) is 19.5 Å². The highest BCUT2D eigenvalue weighted by Crippen LogP contribution is 2.20. The molecule has 0 aliphatic carbocycles. The van der Waals surface area contributed by atoms with Crippen LogP contribution in [0.3, 0.4) is 0 Å². The predicted octanol–water partition coefficient (Wildman–Crippen LogP) is 1.78. The highest BCUT2D eigenvalue weighted by molar-refractivity contribution is 4.70. The molecule has 0 bridgehead atoms. The first-order valence-electron chi connectivity index (χ1n) is 4.94. The van der Waals surface area contributed by atoms with E-state index in [4.69, 9.17) is 5.11 Å². The zero-order valence-corrected chi connectivity index (χ0v) is 8.69. The van der Waals surface area contributed by atoms with Crippen molar-refractivity contribution in [1.29, 1.82) is 0 Å². The van der Waals surface area contributed by atoms with E-state index < -0.39 is 0 Å². The maximum atomic E-state index is 8.56. The first-order chi connectivity index (χ1) is 5.62. The van der Waals surface area contributed by atoms with Crippen LogP contribution in [-0.2, 0) is 0 Å². The number of hydrogen-bond acceptors (Lipinski definition) is 2. The minimum atomic E-state index is 0.293. The van der Waals surface area contributed by atoms with E-state index in [-0.39, 0.29) is 0 Å². The van der Waals surface area contributed by atoms with Gasteiger partial charge in [0.25, 0.3) is 0 Å². The van der Waals surface area contributed by atoms with Gasteiger partial charge in [-0.05, 0) is 24.8 Å². The van der Waals surface area contributed by atoms with Gasteiger partial charge >= 0.3 is 0 Å². The summed E-state index contributed by atoms with van der Waals surface area (Å²) >= 11 is 0. The second kappa shape index (κ2) is 6.44. The number of hydrogen-bond donors (Lipinski definition) is 2. The van der Waals surface area contributed by atoms with Gasteiger partial charge in [-0.25, -0.2) is 0 Å². The number of aliphatic hydroxyl groups is 1. The van der Waals surface area contributed by atoms with Crippen molar-refractivity contribution in [2.24, 2.45) is 5.41 Å². The van der Waals surface area contributed by atoms with Crippen LogP contribution in [-0.4, -0.2) is 24.8 Å². The van der Waals surface area contributed by atoms with Gasteiger partial charge in [0.2, 0.25) is 0 Å². The van der Waals surface area contributed by atoms with Gasteiger partial charge < -0.3 is 10.4 Å². The van der Waals surface area contributed by atoms with E-state index in [1.807, 2.05) is 0 Å². The molecule has 0 aromatic heterocycles. The molecule has 0 spiro atoms. The molecule has 0 saturated carbocycles. The summed E-state index contributed by atoms with van der Waals surface area (Å²) < 4.78 is 0. The van der Waals surface area contributed by atoms with Crippen LogP contribution in [0.2, 0.25) is 0 Å². The van der Waals surface area contributed by atoms with Gasteiger partial charge in [0.1, 0.15) is 0 Å². The third-order valence-corrected chi connectivity index (χ3v) is 2.04. The molecule has 0 aliphatic heterocycles. The van der Waals surface area contributed by atoms with Gasteiger partial charge in [0, 0.05) is 13.2 Å². The van der Waals surface area contributed by atoms with Crippen molar-refractivity contribution in [3.8, 4) is 0 Å². The second-order valence-corrected chi connectivity index (χ2v) is 4.17. The van der Waals surface area contributed by atoms with Crippen LogP contribution in [0.1, 0.15) is 40.0 Å². The Balaban J connectivity index is 3.33. The van der Waals surface area contributed by atoms with Gasteiger partial charge in [-0.15, -0.1) is 0 Å². The van der Waals surface area contributed by atoms with Crippen LogP contribution < -0.4 is 5.32 Å². The molecule has 0 saturated heterocycles. The summed E-state index contributed by atoms with van der Waals surface area (Å²) in [5.74, 6) is 0. The molecule has 0 unspecified atom stereocenters. The molecule has 0 amide bonds. The molecule has 0 radical (unpaired) electrons. The van der Waals surface area contributed by atoms with Crippen LogP contribution in [0.5, 0.6) is 0 Å². The predicted molar refractivity (Wildman–Crippen MR) is 53.3 cm³/mol. The van der Waals surface area contributed by atoms with Crippen LogP contribution in [0.25, 0.3) is 0 Å². The fourth-order valence-electron chi connectivity index (χ4n) is 1.40. The van der Waals surface area contributed by atoms with E-state index in [1.54, 1.807) is 0 Å². The minimum Gasteiger partial charge on any atom is -0.396 e. The fourth-order valence-corrected chi connectivity index (χ4v) is 1.40. The lowest BCUT2D eigenvalue weighted by Gasteiger charge is -2.24. The van der Waals surface area contributed by atoms with Crippen molar-refractivity contribution in [1.82, 2.24) is 5.32 Å². The topological polar surface area (TPSA) is 32.3 Å². The SMILES string of the molecule is CCCC(C)(C)CNCCCO. The molecule has 0 rings (SSSR count). The summed E-state index contributed by atoms with van der Waals surface area (Å²) in [6.07, 6.45) is 3.37. The quantitative estimate of drug-likeness (QED) is 0.575. The highest BCUT2D eigenvalue weighted by Gasteiger charge is 2.14. The lowest BCUT2D eigenvalue weighted by Crippen LogP contribution is -2.30. The van der Waals surface area contributed by atoms with Crippen LogP contribution in [0.4, 0.5) is 0 Å². The first kappa shape index (κ1) is 11.9. The fraction of sp³-hybridized carbons (Fsp3) is 1.00. The average molecular weight is 173 g/mol. The zero-order chi connectivity index (χ0) is 9.45. The summed E-state index contributed by atoms with van der Waals surface area (Å²) in [6.45, 7) is 9.06. The summed E-state index contributed by atoms with van der Waals surface area (Å²) in [7, 11) is 0. The van der Waals surface area contributed by atoms with Crippen LogP contribution >= 0.6 is 0 Å². The van der Waals surface area contributed by atoms with Gasteiger partial charge in [0.05, 0.1) is 0 Å². The van der Waals surface area contributed by atoms with Gasteiger partial charge in [-0.1, -0.05) is 27.2 Å². The molecule has 0 aromatic carbocycles. The molecule has 0 fully saturated rings.